The lowest BCUT2D eigenvalue weighted by Gasteiger charge is -2.29. The van der Waals surface area contributed by atoms with Crippen LogP contribution >= 0.6 is 0 Å². The molecule has 0 aromatic heterocycles. The molecule has 3 fully saturated rings. The smallest absolute Gasteiger partial charge is 0.191 e. The number of guanidine groups is 1. The molecule has 2 heterocycles. The van der Waals surface area contributed by atoms with Crippen molar-refractivity contribution in [3.63, 3.8) is 0 Å². The topological polar surface area (TPSA) is 54.9 Å². The molecule has 0 spiro atoms. The van der Waals surface area contributed by atoms with Crippen LogP contribution in [0.2, 0.25) is 0 Å². The minimum absolute atomic E-state index is 0.127. The number of nitrogens with zero attached hydrogens (tertiary/aromatic N) is 1. The van der Waals surface area contributed by atoms with Gasteiger partial charge in [0, 0.05) is 12.0 Å². The van der Waals surface area contributed by atoms with Gasteiger partial charge in [-0.25, -0.2) is 0 Å². The monoisotopic (exact) mass is 371 g/mol. The van der Waals surface area contributed by atoms with E-state index < -0.39 is 0 Å². The molecule has 1 saturated carbocycles. The highest BCUT2D eigenvalue weighted by Crippen LogP contribution is 2.42. The molecule has 2 N–H and O–H groups in total. The van der Waals surface area contributed by atoms with Crippen molar-refractivity contribution in [1.82, 2.24) is 10.6 Å². The second-order valence-electron chi connectivity index (χ2n) is 8.27. The Morgan fingerprint density at radius 2 is 2.15 bits per heavy atom. The summed E-state index contributed by atoms with van der Waals surface area (Å²) in [6, 6.07) is 8.97. The van der Waals surface area contributed by atoms with Crippen LogP contribution in [0.5, 0.6) is 5.75 Å². The van der Waals surface area contributed by atoms with Crippen molar-refractivity contribution in [3.8, 4) is 5.75 Å². The summed E-state index contributed by atoms with van der Waals surface area (Å²) in [6.45, 7) is 3.82. The number of methoxy groups -OCH3 is 1. The molecule has 5 heteroatoms. The molecule has 3 atom stereocenters. The highest BCUT2D eigenvalue weighted by Gasteiger charge is 2.41. The number of nitrogens with one attached hydrogen (secondary N) is 2. The van der Waals surface area contributed by atoms with Crippen molar-refractivity contribution in [2.75, 3.05) is 20.2 Å². The quantitative estimate of drug-likeness (QED) is 0.595. The number of benzene rings is 1. The molecule has 4 rings (SSSR count). The second-order valence-corrected chi connectivity index (χ2v) is 8.27. The first-order valence-corrected chi connectivity index (χ1v) is 10.6. The maximum atomic E-state index is 6.00. The molecule has 27 heavy (non-hydrogen) atoms. The maximum Gasteiger partial charge on any atom is 0.191 e. The van der Waals surface area contributed by atoms with Crippen LogP contribution in [-0.4, -0.2) is 44.4 Å². The van der Waals surface area contributed by atoms with Gasteiger partial charge < -0.3 is 20.1 Å². The van der Waals surface area contributed by atoms with Crippen molar-refractivity contribution >= 4 is 5.96 Å². The van der Waals surface area contributed by atoms with E-state index in [-0.39, 0.29) is 5.41 Å². The Kier molecular flexibility index (Phi) is 5.58. The summed E-state index contributed by atoms with van der Waals surface area (Å²) in [6.07, 6.45) is 9.25. The first-order chi connectivity index (χ1) is 13.2. The number of hydrogen-bond acceptors (Lipinski definition) is 3. The third kappa shape index (κ3) is 3.93. The van der Waals surface area contributed by atoms with Crippen LogP contribution in [0.1, 0.15) is 57.4 Å². The Morgan fingerprint density at radius 3 is 2.81 bits per heavy atom. The van der Waals surface area contributed by atoms with Gasteiger partial charge in [0.15, 0.2) is 5.96 Å². The molecule has 0 radical (unpaired) electrons. The summed E-state index contributed by atoms with van der Waals surface area (Å²) in [4.78, 5) is 5.04. The Bertz CT molecular complexity index is 669. The maximum absolute atomic E-state index is 6.00. The molecule has 1 aromatic carbocycles. The third-order valence-electron chi connectivity index (χ3n) is 6.55. The van der Waals surface area contributed by atoms with Crippen LogP contribution in [0.4, 0.5) is 0 Å². The van der Waals surface area contributed by atoms with Crippen molar-refractivity contribution in [2.24, 2.45) is 4.99 Å². The second kappa shape index (κ2) is 8.09. The van der Waals surface area contributed by atoms with Gasteiger partial charge in [-0.05, 0) is 56.7 Å². The van der Waals surface area contributed by atoms with Crippen LogP contribution in [0.25, 0.3) is 0 Å². The number of hydrogen-bond donors (Lipinski definition) is 2. The van der Waals surface area contributed by atoms with Gasteiger partial charge in [0.1, 0.15) is 5.75 Å². The fraction of sp³-hybridized carbons (Fsp3) is 0.682. The van der Waals surface area contributed by atoms with E-state index in [0.29, 0.717) is 18.2 Å². The van der Waals surface area contributed by atoms with Gasteiger partial charge in [0.25, 0.3) is 0 Å². The Balaban J connectivity index is 1.50. The average molecular weight is 372 g/mol. The zero-order valence-electron chi connectivity index (χ0n) is 16.7. The van der Waals surface area contributed by atoms with E-state index in [1.807, 2.05) is 6.07 Å². The van der Waals surface area contributed by atoms with Crippen molar-refractivity contribution < 1.29 is 9.47 Å². The number of fused-ring (bicyclic) bond motifs is 2. The zero-order valence-corrected chi connectivity index (χ0v) is 16.7. The largest absolute Gasteiger partial charge is 0.497 e. The molecule has 1 aromatic rings. The van der Waals surface area contributed by atoms with Crippen LogP contribution < -0.4 is 15.4 Å². The summed E-state index contributed by atoms with van der Waals surface area (Å²) in [5.74, 6) is 1.87. The van der Waals surface area contributed by atoms with E-state index in [1.54, 1.807) is 7.11 Å². The minimum atomic E-state index is 0.127. The summed E-state index contributed by atoms with van der Waals surface area (Å²) in [5, 5.41) is 7.10. The highest BCUT2D eigenvalue weighted by atomic mass is 16.5. The third-order valence-corrected chi connectivity index (χ3v) is 6.55. The predicted molar refractivity (Wildman–Crippen MR) is 109 cm³/mol. The average Bonchev–Trinajstić information content (AvgIpc) is 3.44. The van der Waals surface area contributed by atoms with E-state index in [4.69, 9.17) is 14.5 Å². The lowest BCUT2D eigenvalue weighted by atomic mass is 9.79. The fourth-order valence-corrected chi connectivity index (χ4v) is 5.06. The molecule has 1 aliphatic carbocycles. The van der Waals surface area contributed by atoms with E-state index in [0.717, 1.165) is 31.2 Å². The van der Waals surface area contributed by atoms with Crippen LogP contribution in [0, 0.1) is 0 Å². The Morgan fingerprint density at radius 1 is 1.30 bits per heavy atom. The molecular formula is C22H33N3O2. The molecule has 3 aliphatic rings. The highest BCUT2D eigenvalue weighted by molar-refractivity contribution is 5.80. The number of aliphatic imine (C=N–C) groups is 1. The lowest BCUT2D eigenvalue weighted by molar-refractivity contribution is 0.0992. The first-order valence-electron chi connectivity index (χ1n) is 10.6. The molecule has 2 bridgehead atoms. The Hall–Kier alpha value is -1.75. The summed E-state index contributed by atoms with van der Waals surface area (Å²) in [7, 11) is 1.74. The van der Waals surface area contributed by atoms with Crippen LogP contribution in [-0.2, 0) is 10.2 Å². The SMILES string of the molecule is CCNC(=NCC1(c2cccc(OC)c2)CCCC1)NC1CC2CCC1O2. The van der Waals surface area contributed by atoms with Gasteiger partial charge in [-0.1, -0.05) is 25.0 Å². The Labute approximate surface area is 162 Å². The molecule has 0 amide bonds. The van der Waals surface area contributed by atoms with Gasteiger partial charge in [0.2, 0.25) is 0 Å². The summed E-state index contributed by atoms with van der Waals surface area (Å²) in [5.41, 5.74) is 1.49. The molecular weight excluding hydrogens is 338 g/mol. The fourth-order valence-electron chi connectivity index (χ4n) is 5.06. The van der Waals surface area contributed by atoms with Gasteiger partial charge in [-0.15, -0.1) is 0 Å². The molecule has 5 nitrogen and oxygen atoms in total. The van der Waals surface area contributed by atoms with Crippen LogP contribution in [0.3, 0.4) is 0 Å². The first kappa shape index (κ1) is 18.6. The van der Waals surface area contributed by atoms with Crippen molar-refractivity contribution in [3.05, 3.63) is 29.8 Å². The summed E-state index contributed by atoms with van der Waals surface area (Å²) < 4.78 is 11.5. The minimum Gasteiger partial charge on any atom is -0.497 e. The molecule has 3 unspecified atom stereocenters. The van der Waals surface area contributed by atoms with Crippen LogP contribution in [0.15, 0.2) is 29.3 Å². The van der Waals surface area contributed by atoms with Gasteiger partial charge in [-0.2, -0.15) is 0 Å². The zero-order chi connectivity index (χ0) is 18.7. The lowest BCUT2D eigenvalue weighted by Crippen LogP contribution is -2.48. The van der Waals surface area contributed by atoms with E-state index in [9.17, 15) is 0 Å². The van der Waals surface area contributed by atoms with Gasteiger partial charge in [-0.3, -0.25) is 4.99 Å². The standard InChI is InChI=1S/C22H33N3O2/c1-3-23-21(25-19-14-18-9-10-20(19)27-18)24-15-22(11-4-5-12-22)16-7-6-8-17(13-16)26-2/h6-8,13,18-20H,3-5,9-12,14-15H2,1-2H3,(H2,23,24,25). The number of rotatable bonds is 6. The predicted octanol–water partition coefficient (Wildman–Crippen LogP) is 3.38. The number of ether oxygens (including phenoxy) is 2. The molecule has 2 aliphatic heterocycles. The van der Waals surface area contributed by atoms with E-state index in [2.05, 4.69) is 35.8 Å². The van der Waals surface area contributed by atoms with Crippen molar-refractivity contribution in [1.29, 1.82) is 0 Å². The molecule has 148 valence electrons. The summed E-state index contributed by atoms with van der Waals surface area (Å²) >= 11 is 0. The van der Waals surface area contributed by atoms with Gasteiger partial charge in [0.05, 0.1) is 31.9 Å². The van der Waals surface area contributed by atoms with E-state index in [1.165, 1.54) is 44.1 Å². The normalized spacial score (nSPS) is 29.1. The molecule has 2 saturated heterocycles. The van der Waals surface area contributed by atoms with Gasteiger partial charge >= 0.3 is 0 Å². The van der Waals surface area contributed by atoms with E-state index >= 15 is 0 Å². The van der Waals surface area contributed by atoms with Crippen molar-refractivity contribution in [2.45, 2.75) is 75.5 Å².